The van der Waals surface area contributed by atoms with Gasteiger partial charge in [-0.1, -0.05) is 15.9 Å². The van der Waals surface area contributed by atoms with Crippen molar-refractivity contribution in [2.24, 2.45) is 0 Å². The van der Waals surface area contributed by atoms with Gasteiger partial charge in [0.1, 0.15) is 17.6 Å². The van der Waals surface area contributed by atoms with Crippen LogP contribution in [0.25, 0.3) is 0 Å². The molecule has 0 saturated carbocycles. The minimum atomic E-state index is -0.426. The number of anilines is 2. The third-order valence-electron chi connectivity index (χ3n) is 1.95. The Labute approximate surface area is 105 Å². The summed E-state index contributed by atoms with van der Waals surface area (Å²) in [5.41, 5.74) is 0.475. The second-order valence-electron chi connectivity index (χ2n) is 3.13. The lowest BCUT2D eigenvalue weighted by Crippen LogP contribution is -1.99. The smallest absolute Gasteiger partial charge is 0.228 e. The fraction of sp³-hybridized carbons (Fsp3) is 0. The fourth-order valence-corrected chi connectivity index (χ4v) is 1.53. The van der Waals surface area contributed by atoms with Crippen molar-refractivity contribution in [3.63, 3.8) is 0 Å². The van der Waals surface area contributed by atoms with E-state index in [0.29, 0.717) is 4.47 Å². The van der Waals surface area contributed by atoms with Crippen molar-refractivity contribution in [1.82, 2.24) is 9.97 Å². The summed E-state index contributed by atoms with van der Waals surface area (Å²) in [6, 6.07) is 7.94. The quantitative estimate of drug-likeness (QED) is 0.924. The van der Waals surface area contributed by atoms with Crippen LogP contribution in [0.2, 0.25) is 0 Å². The van der Waals surface area contributed by atoms with Crippen molar-refractivity contribution in [1.29, 1.82) is 5.26 Å². The minimum Gasteiger partial charge on any atom is -0.322 e. The summed E-state index contributed by atoms with van der Waals surface area (Å²) in [6.07, 6.45) is 1.44. The maximum absolute atomic E-state index is 13.5. The van der Waals surface area contributed by atoms with Crippen molar-refractivity contribution in [3.8, 4) is 6.07 Å². The molecule has 0 saturated heterocycles. The number of hydrogen-bond acceptors (Lipinski definition) is 4. The summed E-state index contributed by atoms with van der Waals surface area (Å²) in [4.78, 5) is 7.78. The van der Waals surface area contributed by atoms with Gasteiger partial charge in [-0.25, -0.2) is 14.4 Å². The monoisotopic (exact) mass is 292 g/mol. The van der Waals surface area contributed by atoms with E-state index < -0.39 is 5.82 Å². The molecule has 6 heteroatoms. The van der Waals surface area contributed by atoms with Gasteiger partial charge in [-0.15, -0.1) is 0 Å². The highest BCUT2D eigenvalue weighted by Crippen LogP contribution is 2.21. The number of nitrogens with zero attached hydrogens (tertiary/aromatic N) is 3. The van der Waals surface area contributed by atoms with E-state index in [1.165, 1.54) is 18.3 Å². The predicted molar refractivity (Wildman–Crippen MR) is 64.1 cm³/mol. The molecule has 0 aliphatic carbocycles. The summed E-state index contributed by atoms with van der Waals surface area (Å²) in [5, 5.41) is 11.4. The topological polar surface area (TPSA) is 61.6 Å². The van der Waals surface area contributed by atoms with Crippen LogP contribution in [0, 0.1) is 17.1 Å². The highest BCUT2D eigenvalue weighted by atomic mass is 79.9. The normalized spacial score (nSPS) is 9.71. The molecule has 84 valence electrons. The van der Waals surface area contributed by atoms with Gasteiger partial charge < -0.3 is 5.32 Å². The molecule has 0 fully saturated rings. The Kier molecular flexibility index (Phi) is 3.30. The molecule has 0 atom stereocenters. The van der Waals surface area contributed by atoms with Crippen LogP contribution in [0.3, 0.4) is 0 Å². The molecule has 1 aromatic carbocycles. The number of rotatable bonds is 2. The average molecular weight is 293 g/mol. The Morgan fingerprint density at radius 1 is 1.35 bits per heavy atom. The Hall–Kier alpha value is -2.00. The largest absolute Gasteiger partial charge is 0.322 e. The molecule has 1 heterocycles. The third-order valence-corrected chi connectivity index (χ3v) is 2.44. The van der Waals surface area contributed by atoms with Crippen molar-refractivity contribution >= 4 is 27.6 Å². The first-order valence-electron chi connectivity index (χ1n) is 4.64. The fourth-order valence-electron chi connectivity index (χ4n) is 1.19. The Balaban J connectivity index is 2.28. The number of benzene rings is 1. The van der Waals surface area contributed by atoms with Gasteiger partial charge in [-0.2, -0.15) is 5.26 Å². The number of aromatic nitrogens is 2. The number of nitriles is 1. The van der Waals surface area contributed by atoms with Gasteiger partial charge in [0, 0.05) is 10.7 Å². The number of hydrogen-bond donors (Lipinski definition) is 1. The molecule has 1 aromatic heterocycles. The molecule has 17 heavy (non-hydrogen) atoms. The van der Waals surface area contributed by atoms with E-state index in [1.54, 1.807) is 12.1 Å². The van der Waals surface area contributed by atoms with Crippen molar-refractivity contribution < 1.29 is 4.39 Å². The second-order valence-corrected chi connectivity index (χ2v) is 4.04. The van der Waals surface area contributed by atoms with E-state index >= 15 is 0 Å². The molecular weight excluding hydrogens is 287 g/mol. The zero-order chi connectivity index (χ0) is 12.3. The Bertz CT molecular complexity index is 594. The van der Waals surface area contributed by atoms with Gasteiger partial charge >= 0.3 is 0 Å². The van der Waals surface area contributed by atoms with E-state index in [-0.39, 0.29) is 17.3 Å². The standard InChI is InChI=1S/C11H6BrFN4/c12-7-1-2-10(9(13)5-7)17-11-15-4-3-8(6-14)16-11/h1-5H,(H,15,16,17). The maximum Gasteiger partial charge on any atom is 0.228 e. The van der Waals surface area contributed by atoms with Crippen molar-refractivity contribution in [2.45, 2.75) is 0 Å². The van der Waals surface area contributed by atoms with Gasteiger partial charge in [-0.05, 0) is 24.3 Å². The maximum atomic E-state index is 13.5. The minimum absolute atomic E-state index is 0.185. The van der Waals surface area contributed by atoms with Crippen LogP contribution >= 0.6 is 15.9 Å². The Morgan fingerprint density at radius 2 is 2.18 bits per heavy atom. The van der Waals surface area contributed by atoms with Crippen LogP contribution in [0.4, 0.5) is 16.0 Å². The second kappa shape index (κ2) is 4.89. The summed E-state index contributed by atoms with van der Waals surface area (Å²) >= 11 is 3.16. The highest BCUT2D eigenvalue weighted by Gasteiger charge is 2.05. The first-order chi connectivity index (χ1) is 8.19. The lowest BCUT2D eigenvalue weighted by Gasteiger charge is -2.05. The van der Waals surface area contributed by atoms with Crippen LogP contribution in [0.1, 0.15) is 5.69 Å². The number of halogens is 2. The van der Waals surface area contributed by atoms with Crippen LogP contribution in [0.5, 0.6) is 0 Å². The SMILES string of the molecule is N#Cc1ccnc(Nc2ccc(Br)cc2F)n1. The van der Waals surface area contributed by atoms with Gasteiger partial charge in [0.25, 0.3) is 0 Å². The van der Waals surface area contributed by atoms with E-state index in [2.05, 4.69) is 31.2 Å². The molecule has 0 bridgehead atoms. The third kappa shape index (κ3) is 2.77. The van der Waals surface area contributed by atoms with Crippen molar-refractivity contribution in [3.05, 3.63) is 46.4 Å². The molecule has 0 aliphatic heterocycles. The molecule has 0 aliphatic rings. The van der Waals surface area contributed by atoms with Crippen LogP contribution < -0.4 is 5.32 Å². The van der Waals surface area contributed by atoms with E-state index in [1.807, 2.05) is 6.07 Å². The van der Waals surface area contributed by atoms with Crippen LogP contribution in [-0.2, 0) is 0 Å². The molecule has 2 rings (SSSR count). The van der Waals surface area contributed by atoms with Crippen molar-refractivity contribution in [2.75, 3.05) is 5.32 Å². The van der Waals surface area contributed by atoms with Crippen LogP contribution in [-0.4, -0.2) is 9.97 Å². The van der Waals surface area contributed by atoms with E-state index in [4.69, 9.17) is 5.26 Å². The zero-order valence-electron chi connectivity index (χ0n) is 8.48. The summed E-state index contributed by atoms with van der Waals surface area (Å²) in [7, 11) is 0. The molecular formula is C11H6BrFN4. The molecule has 0 radical (unpaired) electrons. The van der Waals surface area contributed by atoms with Crippen LogP contribution in [0.15, 0.2) is 34.9 Å². The number of nitrogens with one attached hydrogen (secondary N) is 1. The molecule has 0 spiro atoms. The Morgan fingerprint density at radius 3 is 2.88 bits per heavy atom. The highest BCUT2D eigenvalue weighted by molar-refractivity contribution is 9.10. The average Bonchev–Trinajstić information content (AvgIpc) is 2.33. The molecule has 4 nitrogen and oxygen atoms in total. The van der Waals surface area contributed by atoms with E-state index in [9.17, 15) is 4.39 Å². The first kappa shape index (κ1) is 11.5. The van der Waals surface area contributed by atoms with Gasteiger partial charge in [0.2, 0.25) is 5.95 Å². The lowest BCUT2D eigenvalue weighted by molar-refractivity contribution is 0.630. The molecule has 1 N–H and O–H groups in total. The molecule has 0 amide bonds. The predicted octanol–water partition coefficient (Wildman–Crippen LogP) is 2.99. The van der Waals surface area contributed by atoms with Gasteiger partial charge in [-0.3, -0.25) is 0 Å². The summed E-state index contributed by atoms with van der Waals surface area (Å²) < 4.78 is 14.2. The molecule has 2 aromatic rings. The van der Waals surface area contributed by atoms with E-state index in [0.717, 1.165) is 0 Å². The van der Waals surface area contributed by atoms with Gasteiger partial charge in [0.05, 0.1) is 5.69 Å². The summed E-state index contributed by atoms with van der Waals surface area (Å²) in [6.45, 7) is 0. The van der Waals surface area contributed by atoms with Gasteiger partial charge in [0.15, 0.2) is 0 Å². The molecule has 0 unspecified atom stereocenters. The first-order valence-corrected chi connectivity index (χ1v) is 5.43. The summed E-state index contributed by atoms with van der Waals surface area (Å²) in [5.74, 6) is -0.240. The lowest BCUT2D eigenvalue weighted by atomic mass is 10.3. The zero-order valence-corrected chi connectivity index (χ0v) is 10.1.